The zero-order valence-electron chi connectivity index (χ0n) is 12.3. The van der Waals surface area contributed by atoms with Crippen molar-refractivity contribution in [2.24, 2.45) is 5.92 Å². The second-order valence-corrected chi connectivity index (χ2v) is 5.59. The Labute approximate surface area is 119 Å². The molecule has 0 aromatic carbocycles. The molecular formula is C15H22O5. The van der Waals surface area contributed by atoms with Gasteiger partial charge in [0.15, 0.2) is 5.79 Å². The van der Waals surface area contributed by atoms with Gasteiger partial charge in [-0.1, -0.05) is 19.9 Å². The van der Waals surface area contributed by atoms with Crippen LogP contribution in [0.15, 0.2) is 12.2 Å². The van der Waals surface area contributed by atoms with Gasteiger partial charge in [-0.05, 0) is 25.8 Å². The molecule has 112 valence electrons. The van der Waals surface area contributed by atoms with Crippen molar-refractivity contribution >= 4 is 5.97 Å². The maximum atomic E-state index is 12.4. The number of rotatable bonds is 4. The topological polar surface area (TPSA) is 54.0 Å². The Morgan fingerprint density at radius 2 is 2.05 bits per heavy atom. The summed E-state index contributed by atoms with van der Waals surface area (Å²) in [6.07, 6.45) is 4.77. The maximum absolute atomic E-state index is 12.4. The van der Waals surface area contributed by atoms with Gasteiger partial charge in [-0.3, -0.25) is 0 Å². The third-order valence-electron chi connectivity index (χ3n) is 4.61. The predicted octanol–water partition coefficient (Wildman–Crippen LogP) is 1.80. The average Bonchev–Trinajstić information content (AvgIpc) is 2.91. The van der Waals surface area contributed by atoms with E-state index in [0.717, 1.165) is 12.8 Å². The highest BCUT2D eigenvalue weighted by molar-refractivity contribution is 5.84. The second kappa shape index (κ2) is 4.83. The summed E-state index contributed by atoms with van der Waals surface area (Å²) in [4.78, 5) is 12.4. The summed E-state index contributed by atoms with van der Waals surface area (Å²) < 4.78 is 23.3. The van der Waals surface area contributed by atoms with Crippen LogP contribution in [0.3, 0.4) is 0 Å². The third-order valence-corrected chi connectivity index (χ3v) is 4.61. The molecule has 0 saturated carbocycles. The summed E-state index contributed by atoms with van der Waals surface area (Å²) >= 11 is 0. The number of carbonyl (C=O) groups excluding carboxylic acids is 1. The first kappa shape index (κ1) is 14.0. The number of fused-ring (bicyclic) bond motifs is 1. The van der Waals surface area contributed by atoms with Crippen LogP contribution in [0, 0.1) is 5.92 Å². The first-order valence-electron chi connectivity index (χ1n) is 7.47. The lowest BCUT2D eigenvalue weighted by atomic mass is 9.77. The largest absolute Gasteiger partial charge is 0.464 e. The van der Waals surface area contributed by atoms with Gasteiger partial charge in [0, 0.05) is 5.92 Å². The number of hydrogen-bond donors (Lipinski definition) is 0. The lowest BCUT2D eigenvalue weighted by Gasteiger charge is -2.45. The molecule has 20 heavy (non-hydrogen) atoms. The van der Waals surface area contributed by atoms with Gasteiger partial charge < -0.3 is 18.9 Å². The van der Waals surface area contributed by atoms with Gasteiger partial charge in [0.1, 0.15) is 6.10 Å². The molecule has 3 aliphatic heterocycles. The van der Waals surface area contributed by atoms with E-state index in [1.165, 1.54) is 0 Å². The number of hydrogen-bond acceptors (Lipinski definition) is 5. The fourth-order valence-electron chi connectivity index (χ4n) is 3.34. The minimum Gasteiger partial charge on any atom is -0.464 e. The number of carbonyl (C=O) groups is 1. The zero-order chi connectivity index (χ0) is 14.4. The highest BCUT2D eigenvalue weighted by Crippen LogP contribution is 2.49. The Bertz CT molecular complexity index is 428. The van der Waals surface area contributed by atoms with E-state index in [2.05, 4.69) is 0 Å². The molecule has 4 atom stereocenters. The summed E-state index contributed by atoms with van der Waals surface area (Å²) in [5.41, 5.74) is -1.14. The van der Waals surface area contributed by atoms with Crippen molar-refractivity contribution < 1.29 is 23.7 Å². The monoisotopic (exact) mass is 282 g/mol. The molecule has 2 saturated heterocycles. The molecule has 4 rings (SSSR count). The molecule has 4 aliphatic rings. The Morgan fingerprint density at radius 3 is 2.60 bits per heavy atom. The molecule has 1 unspecified atom stereocenters. The van der Waals surface area contributed by atoms with Crippen LogP contribution in [0.2, 0.25) is 0 Å². The van der Waals surface area contributed by atoms with Crippen molar-refractivity contribution in [3.63, 3.8) is 0 Å². The molecule has 0 spiro atoms. The Balaban J connectivity index is 1.94. The number of ether oxygens (including phenoxy) is 4. The standard InChI is InChI=1S/C15H22O5/c1-4-14(5-2)19-11-10-7-8-15(18-9-10,12(11)20-14)13(16)17-6-3/h7-8,10-12H,4-6,9H2,1-3H3/t10-,11-,12-,15?/m0/s1. The Morgan fingerprint density at radius 1 is 1.30 bits per heavy atom. The second-order valence-electron chi connectivity index (χ2n) is 5.59. The average molecular weight is 282 g/mol. The van der Waals surface area contributed by atoms with Gasteiger partial charge in [0.25, 0.3) is 0 Å². The normalized spacial score (nSPS) is 40.6. The van der Waals surface area contributed by atoms with Crippen LogP contribution in [-0.4, -0.2) is 42.8 Å². The fraction of sp³-hybridized carbons (Fsp3) is 0.800. The van der Waals surface area contributed by atoms with Gasteiger partial charge in [-0.25, -0.2) is 4.79 Å². The zero-order valence-corrected chi connectivity index (χ0v) is 12.3. The molecule has 5 heteroatoms. The molecule has 1 aliphatic carbocycles. The first-order valence-corrected chi connectivity index (χ1v) is 7.47. The highest BCUT2D eigenvalue weighted by atomic mass is 16.8. The number of esters is 1. The third kappa shape index (κ3) is 1.76. The molecule has 2 bridgehead atoms. The smallest absolute Gasteiger partial charge is 0.345 e. The Kier molecular flexibility index (Phi) is 3.39. The van der Waals surface area contributed by atoms with Crippen molar-refractivity contribution in [2.75, 3.05) is 13.2 Å². The highest BCUT2D eigenvalue weighted by Gasteiger charge is 2.65. The van der Waals surface area contributed by atoms with Crippen LogP contribution < -0.4 is 0 Å². The van der Waals surface area contributed by atoms with Crippen LogP contribution in [0.1, 0.15) is 33.6 Å². The van der Waals surface area contributed by atoms with E-state index >= 15 is 0 Å². The molecule has 0 amide bonds. The SMILES string of the molecule is CCOC(=O)C12C=C[C@@H](CO1)[C@@H]1OC(CC)(CC)O[C@@H]12. The lowest BCUT2D eigenvalue weighted by Crippen LogP contribution is -2.63. The minimum atomic E-state index is -1.14. The molecule has 0 aromatic heterocycles. The van der Waals surface area contributed by atoms with Crippen LogP contribution >= 0.6 is 0 Å². The fourth-order valence-corrected chi connectivity index (χ4v) is 3.34. The molecular weight excluding hydrogens is 260 g/mol. The molecule has 3 heterocycles. The van der Waals surface area contributed by atoms with Crippen molar-refractivity contribution in [1.82, 2.24) is 0 Å². The molecule has 5 nitrogen and oxygen atoms in total. The lowest BCUT2D eigenvalue weighted by molar-refractivity contribution is -0.209. The maximum Gasteiger partial charge on any atom is 0.345 e. The van der Waals surface area contributed by atoms with E-state index in [1.807, 2.05) is 19.9 Å². The van der Waals surface area contributed by atoms with Gasteiger partial charge in [-0.2, -0.15) is 0 Å². The summed E-state index contributed by atoms with van der Waals surface area (Å²) in [7, 11) is 0. The summed E-state index contributed by atoms with van der Waals surface area (Å²) in [5.74, 6) is -0.835. The van der Waals surface area contributed by atoms with Crippen molar-refractivity contribution in [2.45, 2.75) is 57.2 Å². The van der Waals surface area contributed by atoms with Crippen LogP contribution in [0.5, 0.6) is 0 Å². The van der Waals surface area contributed by atoms with E-state index in [-0.39, 0.29) is 18.0 Å². The molecule has 0 radical (unpaired) electrons. The van der Waals surface area contributed by atoms with Gasteiger partial charge in [0.05, 0.1) is 19.3 Å². The first-order chi connectivity index (χ1) is 9.61. The van der Waals surface area contributed by atoms with Crippen LogP contribution in [-0.2, 0) is 23.7 Å². The Hall–Kier alpha value is -0.910. The van der Waals surface area contributed by atoms with E-state index < -0.39 is 17.5 Å². The summed E-state index contributed by atoms with van der Waals surface area (Å²) in [6.45, 7) is 6.66. The van der Waals surface area contributed by atoms with Crippen LogP contribution in [0.4, 0.5) is 0 Å². The van der Waals surface area contributed by atoms with Crippen LogP contribution in [0.25, 0.3) is 0 Å². The van der Waals surface area contributed by atoms with E-state index in [9.17, 15) is 4.79 Å². The molecule has 2 fully saturated rings. The summed E-state index contributed by atoms with van der Waals surface area (Å²) in [6, 6.07) is 0. The molecule has 0 N–H and O–H groups in total. The van der Waals surface area contributed by atoms with Gasteiger partial charge >= 0.3 is 5.97 Å². The van der Waals surface area contributed by atoms with Crippen molar-refractivity contribution in [3.05, 3.63) is 12.2 Å². The quantitative estimate of drug-likeness (QED) is 0.581. The van der Waals surface area contributed by atoms with Crippen molar-refractivity contribution in [3.8, 4) is 0 Å². The van der Waals surface area contributed by atoms with Crippen molar-refractivity contribution in [1.29, 1.82) is 0 Å². The summed E-state index contributed by atoms with van der Waals surface area (Å²) in [5, 5.41) is 0. The van der Waals surface area contributed by atoms with E-state index in [1.54, 1.807) is 13.0 Å². The predicted molar refractivity (Wildman–Crippen MR) is 71.0 cm³/mol. The van der Waals surface area contributed by atoms with E-state index in [4.69, 9.17) is 18.9 Å². The van der Waals surface area contributed by atoms with Gasteiger partial charge in [0.2, 0.25) is 5.60 Å². The molecule has 0 aromatic rings. The van der Waals surface area contributed by atoms with Gasteiger partial charge in [-0.15, -0.1) is 0 Å². The van der Waals surface area contributed by atoms with E-state index in [0.29, 0.717) is 13.2 Å². The minimum absolute atomic E-state index is 0.127.